The summed E-state index contributed by atoms with van der Waals surface area (Å²) in [5.74, 6) is 0.527. The van der Waals surface area contributed by atoms with Gasteiger partial charge in [-0.05, 0) is 25.7 Å². The van der Waals surface area contributed by atoms with Gasteiger partial charge in [0.15, 0.2) is 0 Å². The van der Waals surface area contributed by atoms with E-state index in [9.17, 15) is 9.90 Å². The van der Waals surface area contributed by atoms with Crippen LogP contribution in [0.5, 0.6) is 0 Å². The Morgan fingerprint density at radius 2 is 2.14 bits per heavy atom. The fourth-order valence-electron chi connectivity index (χ4n) is 2.91. The number of nitrogens with one attached hydrogen (secondary N) is 1. The maximum atomic E-state index is 12.5. The Labute approximate surface area is 129 Å². The van der Waals surface area contributed by atoms with Crippen LogP contribution in [0.2, 0.25) is 0 Å². The van der Waals surface area contributed by atoms with E-state index in [0.717, 1.165) is 38.9 Å². The van der Waals surface area contributed by atoms with E-state index in [1.165, 1.54) is 6.33 Å². The minimum atomic E-state index is -0.431. The van der Waals surface area contributed by atoms with Gasteiger partial charge in [0.2, 0.25) is 0 Å². The number of carbonyl (C=O) groups is 1. The number of β-amino-alcohol motifs (C(OH)–C–C–N with tert-alkyl or cyclic N) is 1. The molecule has 2 aliphatic heterocycles. The van der Waals surface area contributed by atoms with E-state index in [0.29, 0.717) is 30.6 Å². The Balaban J connectivity index is 1.66. The average molecular weight is 306 g/mol. The van der Waals surface area contributed by atoms with Gasteiger partial charge in [0.25, 0.3) is 5.91 Å². The molecular weight excluding hydrogens is 284 g/mol. The highest BCUT2D eigenvalue weighted by Gasteiger charge is 2.24. The van der Waals surface area contributed by atoms with Gasteiger partial charge in [0, 0.05) is 38.4 Å². The average Bonchev–Trinajstić information content (AvgIpc) is 2.55. The molecule has 3 heterocycles. The molecule has 1 aromatic rings. The lowest BCUT2D eigenvalue weighted by Crippen LogP contribution is -2.42. The van der Waals surface area contributed by atoms with Crippen LogP contribution < -0.4 is 5.32 Å². The molecule has 120 valence electrons. The van der Waals surface area contributed by atoms with Crippen molar-refractivity contribution in [3.05, 3.63) is 18.1 Å². The fourth-order valence-corrected chi connectivity index (χ4v) is 2.91. The van der Waals surface area contributed by atoms with Crippen LogP contribution in [0.4, 0.5) is 5.82 Å². The molecule has 7 heteroatoms. The Hall–Kier alpha value is -1.73. The molecule has 0 aliphatic carbocycles. The predicted octanol–water partition coefficient (Wildman–Crippen LogP) is 0.664. The SMILES string of the molecule is O=C(c1cc(NC2CCOCC2)ncn1)N1CCCC(O)C1. The molecule has 2 saturated heterocycles. The molecule has 1 unspecified atom stereocenters. The smallest absolute Gasteiger partial charge is 0.272 e. The van der Waals surface area contributed by atoms with Gasteiger partial charge < -0.3 is 20.1 Å². The van der Waals surface area contributed by atoms with Gasteiger partial charge >= 0.3 is 0 Å². The monoisotopic (exact) mass is 306 g/mol. The van der Waals surface area contributed by atoms with Crippen molar-refractivity contribution < 1.29 is 14.6 Å². The highest BCUT2D eigenvalue weighted by molar-refractivity contribution is 5.93. The zero-order chi connectivity index (χ0) is 15.4. The summed E-state index contributed by atoms with van der Waals surface area (Å²) in [5, 5.41) is 13.0. The molecule has 22 heavy (non-hydrogen) atoms. The molecule has 0 saturated carbocycles. The maximum absolute atomic E-state index is 12.5. The van der Waals surface area contributed by atoms with Crippen LogP contribution in [0.25, 0.3) is 0 Å². The second-order valence-corrected chi connectivity index (χ2v) is 5.87. The highest BCUT2D eigenvalue weighted by Crippen LogP contribution is 2.16. The molecule has 0 spiro atoms. The first-order chi connectivity index (χ1) is 10.7. The number of aliphatic hydroxyl groups is 1. The zero-order valence-electron chi connectivity index (χ0n) is 12.6. The Morgan fingerprint density at radius 3 is 2.91 bits per heavy atom. The number of hydrogen-bond donors (Lipinski definition) is 2. The Kier molecular flexibility index (Phi) is 4.84. The molecule has 2 fully saturated rings. The number of anilines is 1. The second kappa shape index (κ2) is 7.02. The molecule has 1 amide bonds. The van der Waals surface area contributed by atoms with Crippen LogP contribution in [-0.4, -0.2) is 64.3 Å². The van der Waals surface area contributed by atoms with Crippen LogP contribution in [0.15, 0.2) is 12.4 Å². The van der Waals surface area contributed by atoms with Crippen LogP contribution in [0.3, 0.4) is 0 Å². The number of aromatic nitrogens is 2. The molecule has 2 N–H and O–H groups in total. The number of piperidine rings is 1. The summed E-state index contributed by atoms with van der Waals surface area (Å²) in [4.78, 5) is 22.4. The Bertz CT molecular complexity index is 519. The van der Waals surface area contributed by atoms with E-state index in [1.54, 1.807) is 11.0 Å². The van der Waals surface area contributed by atoms with Gasteiger partial charge in [-0.1, -0.05) is 0 Å². The number of carbonyl (C=O) groups excluding carboxylic acids is 1. The summed E-state index contributed by atoms with van der Waals surface area (Å²) in [6.45, 7) is 2.55. The lowest BCUT2D eigenvalue weighted by Gasteiger charge is -2.30. The summed E-state index contributed by atoms with van der Waals surface area (Å²) < 4.78 is 5.33. The van der Waals surface area contributed by atoms with Gasteiger partial charge in [-0.2, -0.15) is 0 Å². The number of ether oxygens (including phenoxy) is 1. The van der Waals surface area contributed by atoms with Crippen LogP contribution >= 0.6 is 0 Å². The lowest BCUT2D eigenvalue weighted by molar-refractivity contribution is 0.0469. The quantitative estimate of drug-likeness (QED) is 0.853. The minimum Gasteiger partial charge on any atom is -0.391 e. The lowest BCUT2D eigenvalue weighted by atomic mass is 10.1. The van der Waals surface area contributed by atoms with Gasteiger partial charge in [0.05, 0.1) is 6.10 Å². The van der Waals surface area contributed by atoms with Crippen molar-refractivity contribution in [1.82, 2.24) is 14.9 Å². The molecule has 3 rings (SSSR count). The van der Waals surface area contributed by atoms with Gasteiger partial charge in [-0.3, -0.25) is 4.79 Å². The number of nitrogens with zero attached hydrogens (tertiary/aromatic N) is 3. The van der Waals surface area contributed by atoms with Crippen molar-refractivity contribution in [3.63, 3.8) is 0 Å². The van der Waals surface area contributed by atoms with Crippen molar-refractivity contribution in [3.8, 4) is 0 Å². The summed E-state index contributed by atoms with van der Waals surface area (Å²) >= 11 is 0. The number of aliphatic hydroxyl groups excluding tert-OH is 1. The summed E-state index contributed by atoms with van der Waals surface area (Å²) in [5.41, 5.74) is 0.374. The zero-order valence-corrected chi connectivity index (χ0v) is 12.6. The first kappa shape index (κ1) is 15.2. The normalized spacial score (nSPS) is 23.3. The molecule has 1 atom stereocenters. The van der Waals surface area contributed by atoms with Crippen molar-refractivity contribution in [2.24, 2.45) is 0 Å². The summed E-state index contributed by atoms with van der Waals surface area (Å²) in [6, 6.07) is 2.02. The molecular formula is C15H22N4O3. The third kappa shape index (κ3) is 3.72. The molecule has 7 nitrogen and oxygen atoms in total. The van der Waals surface area contributed by atoms with E-state index in [4.69, 9.17) is 4.74 Å². The standard InChI is InChI=1S/C15H22N4O3/c20-12-2-1-5-19(9-12)15(21)13-8-14(17-10-16-13)18-11-3-6-22-7-4-11/h8,10-12,20H,1-7,9H2,(H,16,17,18). The topological polar surface area (TPSA) is 87.6 Å². The fraction of sp³-hybridized carbons (Fsp3) is 0.667. The van der Waals surface area contributed by atoms with E-state index < -0.39 is 6.10 Å². The summed E-state index contributed by atoms with van der Waals surface area (Å²) in [6.07, 6.45) is 4.43. The van der Waals surface area contributed by atoms with Crippen LogP contribution in [0, 0.1) is 0 Å². The molecule has 1 aromatic heterocycles. The van der Waals surface area contributed by atoms with E-state index >= 15 is 0 Å². The molecule has 2 aliphatic rings. The number of rotatable bonds is 3. The number of hydrogen-bond acceptors (Lipinski definition) is 6. The highest BCUT2D eigenvalue weighted by atomic mass is 16.5. The van der Waals surface area contributed by atoms with Crippen molar-refractivity contribution in [2.75, 3.05) is 31.6 Å². The summed E-state index contributed by atoms with van der Waals surface area (Å²) in [7, 11) is 0. The van der Waals surface area contributed by atoms with E-state index in [-0.39, 0.29) is 5.91 Å². The first-order valence-corrected chi connectivity index (χ1v) is 7.86. The predicted molar refractivity (Wildman–Crippen MR) is 80.6 cm³/mol. The third-order valence-corrected chi connectivity index (χ3v) is 4.14. The van der Waals surface area contributed by atoms with Crippen molar-refractivity contribution >= 4 is 11.7 Å². The Morgan fingerprint density at radius 1 is 1.32 bits per heavy atom. The second-order valence-electron chi connectivity index (χ2n) is 5.87. The third-order valence-electron chi connectivity index (χ3n) is 4.14. The largest absolute Gasteiger partial charge is 0.391 e. The molecule has 0 radical (unpaired) electrons. The first-order valence-electron chi connectivity index (χ1n) is 7.86. The molecule has 0 bridgehead atoms. The van der Waals surface area contributed by atoms with E-state index in [2.05, 4.69) is 15.3 Å². The van der Waals surface area contributed by atoms with Crippen LogP contribution in [0.1, 0.15) is 36.2 Å². The van der Waals surface area contributed by atoms with Crippen LogP contribution in [-0.2, 0) is 4.74 Å². The minimum absolute atomic E-state index is 0.142. The number of amides is 1. The van der Waals surface area contributed by atoms with Gasteiger partial charge in [-0.25, -0.2) is 9.97 Å². The maximum Gasteiger partial charge on any atom is 0.272 e. The van der Waals surface area contributed by atoms with Crippen molar-refractivity contribution in [1.29, 1.82) is 0 Å². The van der Waals surface area contributed by atoms with Gasteiger partial charge in [-0.15, -0.1) is 0 Å². The van der Waals surface area contributed by atoms with Crippen molar-refractivity contribution in [2.45, 2.75) is 37.8 Å². The number of likely N-dealkylation sites (tertiary alicyclic amines) is 1. The van der Waals surface area contributed by atoms with E-state index in [1.807, 2.05) is 0 Å². The molecule has 0 aromatic carbocycles. The van der Waals surface area contributed by atoms with Gasteiger partial charge in [0.1, 0.15) is 17.8 Å².